The summed E-state index contributed by atoms with van der Waals surface area (Å²) in [5.41, 5.74) is 2.23. The minimum absolute atomic E-state index is 0.142. The van der Waals surface area contributed by atoms with Crippen molar-refractivity contribution < 1.29 is 14.3 Å². The number of hydrogen-bond donors (Lipinski definition) is 1. The summed E-state index contributed by atoms with van der Waals surface area (Å²) in [6.07, 6.45) is 1.14. The smallest absolute Gasteiger partial charge is 0.340 e. The van der Waals surface area contributed by atoms with Crippen molar-refractivity contribution in [3.63, 3.8) is 0 Å². The predicted octanol–water partition coefficient (Wildman–Crippen LogP) is 3.38. The van der Waals surface area contributed by atoms with Gasteiger partial charge in [0.1, 0.15) is 0 Å². The second-order valence-electron chi connectivity index (χ2n) is 6.76. The first-order valence-corrected chi connectivity index (χ1v) is 8.53. The molecule has 1 aliphatic rings. The number of rotatable bonds is 3. The number of amides is 2. The number of aryl methyl sites for hydroxylation is 2. The molecule has 24 heavy (non-hydrogen) atoms. The molecular formula is C18H27N3O3. The molecule has 0 saturated carbocycles. The van der Waals surface area contributed by atoms with Crippen LogP contribution in [0.4, 0.5) is 10.5 Å². The van der Waals surface area contributed by atoms with E-state index in [0.29, 0.717) is 41.1 Å². The number of carbonyl (C=O) groups is 2. The number of urea groups is 1. The van der Waals surface area contributed by atoms with Crippen LogP contribution in [-0.4, -0.2) is 41.6 Å². The molecule has 0 radical (unpaired) electrons. The van der Waals surface area contributed by atoms with Gasteiger partial charge < -0.3 is 15.0 Å². The van der Waals surface area contributed by atoms with Crippen LogP contribution in [0.5, 0.6) is 0 Å². The summed E-state index contributed by atoms with van der Waals surface area (Å²) in [7, 11) is 0. The highest BCUT2D eigenvalue weighted by molar-refractivity contribution is 5.95. The van der Waals surface area contributed by atoms with E-state index in [1.807, 2.05) is 11.8 Å². The number of hydrogen-bond acceptors (Lipinski definition) is 4. The Hall–Kier alpha value is -2.11. The van der Waals surface area contributed by atoms with Crippen LogP contribution in [0, 0.1) is 25.7 Å². The molecule has 1 aromatic heterocycles. The van der Waals surface area contributed by atoms with Gasteiger partial charge in [-0.1, -0.05) is 13.8 Å². The fraction of sp³-hybridized carbons (Fsp3) is 0.611. The Bertz CT molecular complexity index is 620. The highest BCUT2D eigenvalue weighted by atomic mass is 16.5. The van der Waals surface area contributed by atoms with Crippen LogP contribution in [0.15, 0.2) is 6.07 Å². The average Bonchev–Trinajstić information content (AvgIpc) is 2.49. The molecule has 2 atom stereocenters. The van der Waals surface area contributed by atoms with Gasteiger partial charge in [0.05, 0.1) is 29.2 Å². The van der Waals surface area contributed by atoms with E-state index in [9.17, 15) is 9.59 Å². The number of carbonyl (C=O) groups excluding carboxylic acids is 2. The molecule has 2 heterocycles. The summed E-state index contributed by atoms with van der Waals surface area (Å²) in [6, 6.07) is 1.52. The fourth-order valence-electron chi connectivity index (χ4n) is 3.29. The molecule has 2 amide bonds. The van der Waals surface area contributed by atoms with Gasteiger partial charge in [-0.2, -0.15) is 0 Å². The standard InChI is InChI=1S/C18H27N3O3/c1-6-24-17(22)15-8-16(14(5)19-13(15)4)20-18(23)21-9-11(2)7-12(3)10-21/h8,11-12H,6-7,9-10H2,1-5H3,(H,20,23)/t11-,12+. The number of pyridine rings is 1. The Kier molecular flexibility index (Phi) is 5.80. The number of aromatic nitrogens is 1. The predicted molar refractivity (Wildman–Crippen MR) is 93.2 cm³/mol. The molecule has 0 aromatic carbocycles. The van der Waals surface area contributed by atoms with Crippen LogP contribution in [0.25, 0.3) is 0 Å². The Balaban J connectivity index is 2.18. The Morgan fingerprint density at radius 1 is 1.25 bits per heavy atom. The van der Waals surface area contributed by atoms with Crippen LogP contribution in [0.2, 0.25) is 0 Å². The maximum absolute atomic E-state index is 12.6. The van der Waals surface area contributed by atoms with Crippen molar-refractivity contribution in [2.45, 2.75) is 41.0 Å². The first-order valence-electron chi connectivity index (χ1n) is 8.53. The molecule has 6 heteroatoms. The monoisotopic (exact) mass is 333 g/mol. The van der Waals surface area contributed by atoms with Crippen molar-refractivity contribution >= 4 is 17.7 Å². The summed E-state index contributed by atoms with van der Waals surface area (Å²) in [5.74, 6) is 0.567. The lowest BCUT2D eigenvalue weighted by molar-refractivity contribution is 0.0525. The molecule has 2 rings (SSSR count). The van der Waals surface area contributed by atoms with Gasteiger partial charge in [-0.3, -0.25) is 4.98 Å². The summed E-state index contributed by atoms with van der Waals surface area (Å²) in [6.45, 7) is 11.5. The van der Waals surface area contributed by atoms with E-state index < -0.39 is 5.97 Å². The number of esters is 1. The highest BCUT2D eigenvalue weighted by Crippen LogP contribution is 2.23. The second kappa shape index (κ2) is 7.64. The summed E-state index contributed by atoms with van der Waals surface area (Å²) >= 11 is 0. The van der Waals surface area contributed by atoms with E-state index in [0.717, 1.165) is 19.5 Å². The normalized spacial score (nSPS) is 20.6. The quantitative estimate of drug-likeness (QED) is 0.861. The van der Waals surface area contributed by atoms with E-state index in [2.05, 4.69) is 24.1 Å². The SMILES string of the molecule is CCOC(=O)c1cc(NC(=O)N2C[C@H](C)C[C@H](C)C2)c(C)nc1C. The van der Waals surface area contributed by atoms with E-state index in [1.165, 1.54) is 0 Å². The molecule has 0 aliphatic carbocycles. The minimum atomic E-state index is -0.418. The molecule has 1 saturated heterocycles. The molecule has 1 fully saturated rings. The zero-order chi connectivity index (χ0) is 17.9. The summed E-state index contributed by atoms with van der Waals surface area (Å²) in [4.78, 5) is 30.8. The van der Waals surface area contributed by atoms with Crippen LogP contribution < -0.4 is 5.32 Å². The van der Waals surface area contributed by atoms with E-state index in [-0.39, 0.29) is 6.03 Å². The molecule has 132 valence electrons. The van der Waals surface area contributed by atoms with Crippen molar-refractivity contribution in [3.05, 3.63) is 23.0 Å². The van der Waals surface area contributed by atoms with Gasteiger partial charge in [0.25, 0.3) is 0 Å². The first-order chi connectivity index (χ1) is 11.3. The first kappa shape index (κ1) is 18.2. The van der Waals surface area contributed by atoms with Crippen LogP contribution in [0.1, 0.15) is 48.9 Å². The molecule has 0 unspecified atom stereocenters. The van der Waals surface area contributed by atoms with Crippen molar-refractivity contribution in [1.82, 2.24) is 9.88 Å². The minimum Gasteiger partial charge on any atom is -0.462 e. The molecule has 1 aliphatic heterocycles. The number of nitrogens with zero attached hydrogens (tertiary/aromatic N) is 2. The Labute approximate surface area is 143 Å². The largest absolute Gasteiger partial charge is 0.462 e. The third kappa shape index (κ3) is 4.24. The number of anilines is 1. The van der Waals surface area contributed by atoms with E-state index in [1.54, 1.807) is 19.9 Å². The van der Waals surface area contributed by atoms with Gasteiger partial charge in [0.2, 0.25) is 0 Å². The third-order valence-corrected chi connectivity index (χ3v) is 4.30. The van der Waals surface area contributed by atoms with Crippen molar-refractivity contribution in [3.8, 4) is 0 Å². The van der Waals surface area contributed by atoms with Gasteiger partial charge in [-0.05, 0) is 45.1 Å². The summed E-state index contributed by atoms with van der Waals surface area (Å²) in [5, 5.41) is 2.90. The lowest BCUT2D eigenvalue weighted by atomic mass is 9.92. The van der Waals surface area contributed by atoms with Crippen molar-refractivity contribution in [2.24, 2.45) is 11.8 Å². The van der Waals surface area contributed by atoms with E-state index in [4.69, 9.17) is 4.74 Å². The topological polar surface area (TPSA) is 71.5 Å². The zero-order valence-electron chi connectivity index (χ0n) is 15.2. The lowest BCUT2D eigenvalue weighted by Crippen LogP contribution is -2.44. The molecule has 1 aromatic rings. The van der Waals surface area contributed by atoms with Gasteiger partial charge in [0, 0.05) is 13.1 Å². The Morgan fingerprint density at radius 2 is 1.88 bits per heavy atom. The van der Waals surface area contributed by atoms with E-state index >= 15 is 0 Å². The van der Waals surface area contributed by atoms with Gasteiger partial charge >= 0.3 is 12.0 Å². The molecule has 0 bridgehead atoms. The molecule has 0 spiro atoms. The average molecular weight is 333 g/mol. The summed E-state index contributed by atoms with van der Waals surface area (Å²) < 4.78 is 5.05. The van der Waals surface area contributed by atoms with Gasteiger partial charge in [-0.15, -0.1) is 0 Å². The van der Waals surface area contributed by atoms with Crippen LogP contribution in [0.3, 0.4) is 0 Å². The van der Waals surface area contributed by atoms with Crippen molar-refractivity contribution in [1.29, 1.82) is 0 Å². The Morgan fingerprint density at radius 3 is 2.46 bits per heavy atom. The third-order valence-electron chi connectivity index (χ3n) is 4.30. The fourth-order valence-corrected chi connectivity index (χ4v) is 3.29. The molecule has 1 N–H and O–H groups in total. The van der Waals surface area contributed by atoms with Crippen molar-refractivity contribution in [2.75, 3.05) is 25.0 Å². The lowest BCUT2D eigenvalue weighted by Gasteiger charge is -2.35. The number of ether oxygens (including phenoxy) is 1. The van der Waals surface area contributed by atoms with Gasteiger partial charge in [0.15, 0.2) is 0 Å². The highest BCUT2D eigenvalue weighted by Gasteiger charge is 2.26. The number of nitrogens with one attached hydrogen (secondary N) is 1. The molecule has 6 nitrogen and oxygen atoms in total. The van der Waals surface area contributed by atoms with Crippen LogP contribution >= 0.6 is 0 Å². The number of likely N-dealkylation sites (tertiary alicyclic amines) is 1. The second-order valence-corrected chi connectivity index (χ2v) is 6.76. The molecular weight excluding hydrogens is 306 g/mol. The van der Waals surface area contributed by atoms with Crippen LogP contribution in [-0.2, 0) is 4.74 Å². The zero-order valence-corrected chi connectivity index (χ0v) is 15.2. The maximum Gasteiger partial charge on any atom is 0.340 e. The van der Waals surface area contributed by atoms with Gasteiger partial charge in [-0.25, -0.2) is 9.59 Å². The maximum atomic E-state index is 12.6. The number of piperidine rings is 1.